The van der Waals surface area contributed by atoms with Crippen LogP contribution in [0.4, 0.5) is 0 Å². The lowest BCUT2D eigenvalue weighted by Gasteiger charge is -2.37. The van der Waals surface area contributed by atoms with E-state index in [1.807, 2.05) is 12.1 Å². The van der Waals surface area contributed by atoms with Crippen LogP contribution >= 0.6 is 34.2 Å². The van der Waals surface area contributed by atoms with Crippen molar-refractivity contribution in [2.24, 2.45) is 0 Å². The third-order valence-corrected chi connectivity index (χ3v) is 5.07. The Balaban J connectivity index is 2.23. The highest BCUT2D eigenvalue weighted by Crippen LogP contribution is 2.32. The Morgan fingerprint density at radius 3 is 2.70 bits per heavy atom. The van der Waals surface area contributed by atoms with Gasteiger partial charge in [-0.2, -0.15) is 0 Å². The fourth-order valence-electron chi connectivity index (χ4n) is 3.04. The fourth-order valence-corrected chi connectivity index (χ4v) is 3.76. The third kappa shape index (κ3) is 3.91. The zero-order valence-corrected chi connectivity index (χ0v) is 15.1. The van der Waals surface area contributed by atoms with Gasteiger partial charge >= 0.3 is 0 Å². The maximum atomic E-state index is 6.38. The molecule has 0 radical (unpaired) electrons. The Bertz CT molecular complexity index is 466. The van der Waals surface area contributed by atoms with Crippen LogP contribution in [-0.4, -0.2) is 17.5 Å². The van der Waals surface area contributed by atoms with E-state index in [1.165, 1.54) is 35.7 Å². The molecule has 0 spiro atoms. The first-order chi connectivity index (χ1) is 9.63. The number of halogens is 2. The summed E-state index contributed by atoms with van der Waals surface area (Å²) in [4.78, 5) is 2.50. The number of rotatable bonds is 5. The summed E-state index contributed by atoms with van der Waals surface area (Å²) < 4.78 is 1.21. The molecule has 0 N–H and O–H groups in total. The zero-order valence-electron chi connectivity index (χ0n) is 12.2. The van der Waals surface area contributed by atoms with Crippen molar-refractivity contribution < 1.29 is 0 Å². The van der Waals surface area contributed by atoms with Gasteiger partial charge in [0.15, 0.2) is 0 Å². The van der Waals surface area contributed by atoms with Gasteiger partial charge in [-0.1, -0.05) is 44.4 Å². The molecule has 3 heteroatoms. The summed E-state index contributed by atoms with van der Waals surface area (Å²) >= 11 is 8.72. The molecule has 1 aromatic carbocycles. The molecule has 1 aliphatic carbocycles. The lowest BCUT2D eigenvalue weighted by Crippen LogP contribution is -2.35. The molecule has 0 unspecified atom stereocenters. The molecule has 1 fully saturated rings. The molecule has 1 nitrogen and oxygen atoms in total. The predicted octanol–water partition coefficient (Wildman–Crippen LogP) is 5.96. The summed E-state index contributed by atoms with van der Waals surface area (Å²) in [6.07, 6.45) is 7.81. The second-order valence-corrected chi connectivity index (χ2v) is 7.21. The average Bonchev–Trinajstić information content (AvgIpc) is 2.47. The maximum absolute atomic E-state index is 6.38. The van der Waals surface area contributed by atoms with E-state index in [1.54, 1.807) is 0 Å². The van der Waals surface area contributed by atoms with Gasteiger partial charge in [0, 0.05) is 32.4 Å². The van der Waals surface area contributed by atoms with Crippen LogP contribution in [0, 0.1) is 3.57 Å². The standard InChI is InChI=1S/C17H23ClIN/c1-3-11-20(15-7-5-4-6-8-15)13(2)16-12-14(19)9-10-17(16)18/h9-10,12,15H,2-8,11H2,1H3. The second-order valence-electron chi connectivity index (χ2n) is 5.56. The van der Waals surface area contributed by atoms with E-state index < -0.39 is 0 Å². The molecule has 0 aliphatic heterocycles. The Labute approximate surface area is 141 Å². The third-order valence-electron chi connectivity index (χ3n) is 4.07. The van der Waals surface area contributed by atoms with Crippen LogP contribution in [-0.2, 0) is 0 Å². The van der Waals surface area contributed by atoms with Crippen molar-refractivity contribution in [3.8, 4) is 0 Å². The molecule has 110 valence electrons. The van der Waals surface area contributed by atoms with Crippen LogP contribution in [0.1, 0.15) is 51.0 Å². The van der Waals surface area contributed by atoms with Crippen molar-refractivity contribution in [1.82, 2.24) is 4.90 Å². The van der Waals surface area contributed by atoms with Gasteiger partial charge in [0.1, 0.15) is 0 Å². The maximum Gasteiger partial charge on any atom is 0.0499 e. The van der Waals surface area contributed by atoms with E-state index in [-0.39, 0.29) is 0 Å². The van der Waals surface area contributed by atoms with Crippen LogP contribution in [0.5, 0.6) is 0 Å². The zero-order chi connectivity index (χ0) is 14.5. The summed E-state index contributed by atoms with van der Waals surface area (Å²) in [5.41, 5.74) is 2.19. The van der Waals surface area contributed by atoms with E-state index >= 15 is 0 Å². The Hall–Kier alpha value is -0.220. The molecule has 0 atom stereocenters. The largest absolute Gasteiger partial charge is 0.369 e. The molecule has 2 rings (SSSR count). The van der Waals surface area contributed by atoms with Gasteiger partial charge in [0.2, 0.25) is 0 Å². The summed E-state index contributed by atoms with van der Waals surface area (Å²) in [5.74, 6) is 0. The molecule has 0 heterocycles. The smallest absolute Gasteiger partial charge is 0.0499 e. The first-order valence-electron chi connectivity index (χ1n) is 7.54. The molecule has 0 bridgehead atoms. The molecule has 0 aromatic heterocycles. The first-order valence-corrected chi connectivity index (χ1v) is 9.00. The van der Waals surface area contributed by atoms with Crippen LogP contribution < -0.4 is 0 Å². The number of benzene rings is 1. The lowest BCUT2D eigenvalue weighted by atomic mass is 9.93. The van der Waals surface area contributed by atoms with E-state index in [0.29, 0.717) is 6.04 Å². The van der Waals surface area contributed by atoms with Gasteiger partial charge in [0.25, 0.3) is 0 Å². The quantitative estimate of drug-likeness (QED) is 0.548. The number of hydrogen-bond acceptors (Lipinski definition) is 1. The minimum absolute atomic E-state index is 0.644. The van der Waals surface area contributed by atoms with E-state index in [4.69, 9.17) is 11.6 Å². The molecule has 1 aromatic rings. The average molecular weight is 404 g/mol. The van der Waals surface area contributed by atoms with E-state index in [9.17, 15) is 0 Å². The van der Waals surface area contributed by atoms with Gasteiger partial charge < -0.3 is 4.90 Å². The Kier molecular flexibility index (Phi) is 6.21. The minimum Gasteiger partial charge on any atom is -0.369 e. The summed E-state index contributed by atoms with van der Waals surface area (Å²) in [7, 11) is 0. The van der Waals surface area contributed by atoms with Crippen molar-refractivity contribution in [2.45, 2.75) is 51.5 Å². The van der Waals surface area contributed by atoms with Gasteiger partial charge in [-0.3, -0.25) is 0 Å². The van der Waals surface area contributed by atoms with Crippen molar-refractivity contribution in [3.05, 3.63) is 38.9 Å². The second kappa shape index (κ2) is 7.69. The SMILES string of the molecule is C=C(c1cc(I)ccc1Cl)N(CCC)C1CCCCC1. The summed E-state index contributed by atoms with van der Waals surface area (Å²) in [6.45, 7) is 7.67. The van der Waals surface area contributed by atoms with Crippen molar-refractivity contribution in [2.75, 3.05) is 6.54 Å². The number of hydrogen-bond donors (Lipinski definition) is 0. The molecule has 0 saturated heterocycles. The highest BCUT2D eigenvalue weighted by atomic mass is 127. The van der Waals surface area contributed by atoms with E-state index in [2.05, 4.69) is 47.1 Å². The summed E-state index contributed by atoms with van der Waals surface area (Å²) in [5, 5.41) is 0.812. The monoisotopic (exact) mass is 403 g/mol. The normalized spacial score (nSPS) is 16.1. The van der Waals surface area contributed by atoms with Crippen LogP contribution in [0.2, 0.25) is 5.02 Å². The van der Waals surface area contributed by atoms with Crippen molar-refractivity contribution in [3.63, 3.8) is 0 Å². The highest BCUT2D eigenvalue weighted by Gasteiger charge is 2.23. The van der Waals surface area contributed by atoms with Gasteiger partial charge in [-0.05, 0) is 60.1 Å². The molecular formula is C17H23ClIN. The fraction of sp³-hybridized carbons (Fsp3) is 0.529. The molecule has 1 aliphatic rings. The van der Waals surface area contributed by atoms with Crippen molar-refractivity contribution >= 4 is 39.9 Å². The molecule has 1 saturated carbocycles. The van der Waals surface area contributed by atoms with Crippen LogP contribution in [0.15, 0.2) is 24.8 Å². The molecular weight excluding hydrogens is 381 g/mol. The van der Waals surface area contributed by atoms with Crippen LogP contribution in [0.3, 0.4) is 0 Å². The van der Waals surface area contributed by atoms with Gasteiger partial charge in [-0.15, -0.1) is 0 Å². The van der Waals surface area contributed by atoms with Crippen LogP contribution in [0.25, 0.3) is 5.70 Å². The summed E-state index contributed by atoms with van der Waals surface area (Å²) in [6, 6.07) is 6.82. The topological polar surface area (TPSA) is 3.24 Å². The van der Waals surface area contributed by atoms with Gasteiger partial charge in [-0.25, -0.2) is 0 Å². The highest BCUT2D eigenvalue weighted by molar-refractivity contribution is 14.1. The lowest BCUT2D eigenvalue weighted by molar-refractivity contribution is 0.231. The number of nitrogens with zero attached hydrogens (tertiary/aromatic N) is 1. The van der Waals surface area contributed by atoms with Crippen molar-refractivity contribution in [1.29, 1.82) is 0 Å². The van der Waals surface area contributed by atoms with E-state index in [0.717, 1.165) is 29.2 Å². The minimum atomic E-state index is 0.644. The van der Waals surface area contributed by atoms with Gasteiger partial charge in [0.05, 0.1) is 0 Å². The Morgan fingerprint density at radius 1 is 1.35 bits per heavy atom. The first kappa shape index (κ1) is 16.2. The molecule has 0 amide bonds. The molecule has 20 heavy (non-hydrogen) atoms. The Morgan fingerprint density at radius 2 is 2.05 bits per heavy atom. The predicted molar refractivity (Wildman–Crippen MR) is 97.1 cm³/mol.